The smallest absolute Gasteiger partial charge is 0.316 e. The van der Waals surface area contributed by atoms with Gasteiger partial charge in [0.1, 0.15) is 0 Å². The number of urea groups is 1. The van der Waals surface area contributed by atoms with Gasteiger partial charge in [-0.05, 0) is 24.3 Å². The van der Waals surface area contributed by atoms with E-state index in [2.05, 4.69) is 15.6 Å². The molecule has 0 radical (unpaired) electrons. The van der Waals surface area contributed by atoms with Crippen LogP contribution in [0.4, 0.5) is 15.6 Å². The van der Waals surface area contributed by atoms with Crippen LogP contribution >= 0.6 is 22.9 Å². The zero-order chi connectivity index (χ0) is 17.8. The van der Waals surface area contributed by atoms with Gasteiger partial charge in [0.05, 0.1) is 5.69 Å². The second kappa shape index (κ2) is 7.33. The van der Waals surface area contributed by atoms with Gasteiger partial charge in [-0.25, -0.2) is 9.78 Å². The zero-order valence-corrected chi connectivity index (χ0v) is 14.4. The summed E-state index contributed by atoms with van der Waals surface area (Å²) < 4.78 is 0. The number of hydrogen-bond donors (Lipinski definition) is 3. The summed E-state index contributed by atoms with van der Waals surface area (Å²) in [6, 6.07) is 13.1. The van der Waals surface area contributed by atoms with Gasteiger partial charge in [-0.1, -0.05) is 35.9 Å². The third-order valence-corrected chi connectivity index (χ3v) is 4.35. The fourth-order valence-corrected chi connectivity index (χ4v) is 3.11. The van der Waals surface area contributed by atoms with Crippen molar-refractivity contribution < 1.29 is 9.59 Å². The van der Waals surface area contributed by atoms with Crippen molar-refractivity contribution in [2.24, 2.45) is 5.73 Å². The Bertz CT molecular complexity index is 942. The maximum absolute atomic E-state index is 12.4. The first-order chi connectivity index (χ1) is 12.0. The SMILES string of the molecule is NC(=O)Nc1cccc(C(=O)Nc2nc(-c3ccccc3Cl)cs2)c1. The van der Waals surface area contributed by atoms with Crippen LogP contribution in [-0.2, 0) is 0 Å². The number of primary amides is 1. The van der Waals surface area contributed by atoms with Crippen LogP contribution in [0.5, 0.6) is 0 Å². The Kier molecular flexibility index (Phi) is 4.97. The number of benzene rings is 2. The number of nitrogens with one attached hydrogen (secondary N) is 2. The van der Waals surface area contributed by atoms with Gasteiger partial charge in [0.25, 0.3) is 5.91 Å². The number of halogens is 1. The minimum atomic E-state index is -0.693. The summed E-state index contributed by atoms with van der Waals surface area (Å²) >= 11 is 7.46. The zero-order valence-electron chi connectivity index (χ0n) is 12.8. The van der Waals surface area contributed by atoms with Crippen molar-refractivity contribution in [3.63, 3.8) is 0 Å². The molecule has 2 aromatic carbocycles. The molecular formula is C17H13ClN4O2S. The molecule has 1 heterocycles. The molecule has 3 aromatic rings. The molecule has 0 spiro atoms. The Hall–Kier alpha value is -2.90. The summed E-state index contributed by atoms with van der Waals surface area (Å²) in [5, 5.41) is 8.02. The number of carbonyl (C=O) groups is 2. The molecule has 3 amide bonds. The minimum absolute atomic E-state index is 0.340. The Labute approximate surface area is 152 Å². The van der Waals surface area contributed by atoms with Crippen LogP contribution in [0.2, 0.25) is 5.02 Å². The molecule has 8 heteroatoms. The highest BCUT2D eigenvalue weighted by Crippen LogP contribution is 2.30. The van der Waals surface area contributed by atoms with E-state index in [1.54, 1.807) is 24.3 Å². The monoisotopic (exact) mass is 372 g/mol. The third-order valence-electron chi connectivity index (χ3n) is 3.27. The van der Waals surface area contributed by atoms with E-state index in [-0.39, 0.29) is 5.91 Å². The molecule has 0 aliphatic carbocycles. The maximum Gasteiger partial charge on any atom is 0.316 e. The normalized spacial score (nSPS) is 10.3. The molecule has 3 rings (SSSR count). The number of nitrogens with zero attached hydrogens (tertiary/aromatic N) is 1. The van der Waals surface area contributed by atoms with Crippen LogP contribution in [0.25, 0.3) is 11.3 Å². The van der Waals surface area contributed by atoms with Crippen molar-refractivity contribution in [2.75, 3.05) is 10.6 Å². The predicted octanol–water partition coefficient (Wildman–Crippen LogP) is 4.21. The Balaban J connectivity index is 1.76. The molecule has 0 unspecified atom stereocenters. The molecule has 0 aliphatic rings. The lowest BCUT2D eigenvalue weighted by atomic mass is 10.2. The Morgan fingerprint density at radius 3 is 2.64 bits per heavy atom. The second-order valence-corrected chi connectivity index (χ2v) is 6.31. The average molecular weight is 373 g/mol. The number of carbonyl (C=O) groups excluding carboxylic acids is 2. The van der Waals surface area contributed by atoms with E-state index < -0.39 is 6.03 Å². The van der Waals surface area contributed by atoms with Crippen molar-refractivity contribution >= 4 is 45.7 Å². The van der Waals surface area contributed by atoms with E-state index in [1.165, 1.54) is 17.4 Å². The molecule has 0 bridgehead atoms. The van der Waals surface area contributed by atoms with Crippen molar-refractivity contribution in [1.82, 2.24) is 4.98 Å². The lowest BCUT2D eigenvalue weighted by Crippen LogP contribution is -2.19. The molecule has 0 atom stereocenters. The minimum Gasteiger partial charge on any atom is -0.351 e. The quantitative estimate of drug-likeness (QED) is 0.640. The Morgan fingerprint density at radius 1 is 1.08 bits per heavy atom. The number of rotatable bonds is 4. The van der Waals surface area contributed by atoms with Crippen LogP contribution in [0.3, 0.4) is 0 Å². The number of thiazole rings is 1. The first-order valence-corrected chi connectivity index (χ1v) is 8.47. The average Bonchev–Trinajstić information content (AvgIpc) is 3.03. The van der Waals surface area contributed by atoms with Crippen LogP contribution in [-0.4, -0.2) is 16.9 Å². The molecule has 0 saturated carbocycles. The summed E-state index contributed by atoms with van der Waals surface area (Å²) in [7, 11) is 0. The highest BCUT2D eigenvalue weighted by molar-refractivity contribution is 7.14. The molecule has 25 heavy (non-hydrogen) atoms. The van der Waals surface area contributed by atoms with Gasteiger partial charge in [0.15, 0.2) is 5.13 Å². The van der Waals surface area contributed by atoms with Gasteiger partial charge in [0.2, 0.25) is 0 Å². The molecule has 0 fully saturated rings. The van der Waals surface area contributed by atoms with Crippen LogP contribution in [0.15, 0.2) is 53.9 Å². The summed E-state index contributed by atoms with van der Waals surface area (Å²) in [6.45, 7) is 0. The van der Waals surface area contributed by atoms with Gasteiger partial charge >= 0.3 is 6.03 Å². The molecule has 0 saturated heterocycles. The lowest BCUT2D eigenvalue weighted by molar-refractivity contribution is 0.102. The molecule has 0 aliphatic heterocycles. The predicted molar refractivity (Wildman–Crippen MR) is 100 cm³/mol. The summed E-state index contributed by atoms with van der Waals surface area (Å²) in [4.78, 5) is 27.6. The number of amides is 3. The van der Waals surface area contributed by atoms with Gasteiger partial charge in [-0.15, -0.1) is 11.3 Å². The van der Waals surface area contributed by atoms with Crippen LogP contribution in [0, 0.1) is 0 Å². The van der Waals surface area contributed by atoms with E-state index >= 15 is 0 Å². The summed E-state index contributed by atoms with van der Waals surface area (Å²) in [5.41, 5.74) is 7.38. The van der Waals surface area contributed by atoms with E-state index in [9.17, 15) is 9.59 Å². The largest absolute Gasteiger partial charge is 0.351 e. The van der Waals surface area contributed by atoms with E-state index in [0.717, 1.165) is 5.56 Å². The fourth-order valence-electron chi connectivity index (χ4n) is 2.17. The van der Waals surface area contributed by atoms with Gasteiger partial charge in [0, 0.05) is 27.2 Å². The number of aromatic nitrogens is 1. The third kappa shape index (κ3) is 4.14. The van der Waals surface area contributed by atoms with E-state index in [0.29, 0.717) is 27.1 Å². The first kappa shape index (κ1) is 16.9. The maximum atomic E-state index is 12.4. The van der Waals surface area contributed by atoms with E-state index in [1.807, 2.05) is 23.6 Å². The first-order valence-electron chi connectivity index (χ1n) is 7.21. The number of hydrogen-bond acceptors (Lipinski definition) is 4. The van der Waals surface area contributed by atoms with Crippen molar-refractivity contribution in [2.45, 2.75) is 0 Å². The number of anilines is 2. The standard InChI is InChI=1S/C17H13ClN4O2S/c18-13-7-2-1-6-12(13)14-9-25-17(21-14)22-15(23)10-4-3-5-11(8-10)20-16(19)24/h1-9H,(H3,19,20,24)(H,21,22,23). The molecule has 4 N–H and O–H groups in total. The highest BCUT2D eigenvalue weighted by atomic mass is 35.5. The van der Waals surface area contributed by atoms with Crippen LogP contribution < -0.4 is 16.4 Å². The molecule has 1 aromatic heterocycles. The lowest BCUT2D eigenvalue weighted by Gasteiger charge is -2.05. The van der Waals surface area contributed by atoms with Crippen LogP contribution in [0.1, 0.15) is 10.4 Å². The number of nitrogens with two attached hydrogens (primary N) is 1. The summed E-state index contributed by atoms with van der Waals surface area (Å²) in [6.07, 6.45) is 0. The van der Waals surface area contributed by atoms with Gasteiger partial charge in [-0.2, -0.15) is 0 Å². The Morgan fingerprint density at radius 2 is 1.88 bits per heavy atom. The van der Waals surface area contributed by atoms with Gasteiger partial charge in [-0.3, -0.25) is 10.1 Å². The molecule has 6 nitrogen and oxygen atoms in total. The molecular weight excluding hydrogens is 360 g/mol. The van der Waals surface area contributed by atoms with Crippen molar-refractivity contribution in [3.8, 4) is 11.3 Å². The highest BCUT2D eigenvalue weighted by Gasteiger charge is 2.12. The van der Waals surface area contributed by atoms with Crippen molar-refractivity contribution in [1.29, 1.82) is 0 Å². The van der Waals surface area contributed by atoms with Gasteiger partial charge < -0.3 is 11.1 Å². The fraction of sp³-hybridized carbons (Fsp3) is 0. The topological polar surface area (TPSA) is 97.1 Å². The second-order valence-electron chi connectivity index (χ2n) is 5.04. The summed E-state index contributed by atoms with van der Waals surface area (Å²) in [5.74, 6) is -0.340. The molecule has 126 valence electrons. The van der Waals surface area contributed by atoms with E-state index in [4.69, 9.17) is 17.3 Å². The van der Waals surface area contributed by atoms with Crippen molar-refractivity contribution in [3.05, 3.63) is 64.5 Å².